The van der Waals surface area contributed by atoms with E-state index in [2.05, 4.69) is 42.6 Å². The van der Waals surface area contributed by atoms with Gasteiger partial charge in [-0.15, -0.1) is 0 Å². The van der Waals surface area contributed by atoms with Crippen molar-refractivity contribution >= 4 is 66.2 Å². The number of hydrogen-bond donors (Lipinski definition) is 7. The maximum Gasteiger partial charge on any atom is 0.386 e. The highest BCUT2D eigenvalue weighted by atomic mass is 32.7. The smallest absolute Gasteiger partial charge is 0.386 e. The standard InChI is InChI=1S/C20H26F2N10O10P2S2/c1-25-32(14-10(23)16(33)30-19(24)29-14)18-12-9(21)7(40-18)2-38-44(36,46)42-13-8(3-39-43(35,45)41-12)37-4-20(13,22)31-6-28-11-15(31)26-5-27-17(11)34/h5-9,12-13,18,25H,2-4,23H2,1H3,(H,35,45)(H,36,46)(H,26,27,34)(H3,24,29,30,33)/t7-,8-,9+,12-,13-,18-,20+,43?,44?/m1/s1. The minimum atomic E-state index is -4.55. The molecule has 6 heterocycles. The number of thiol groups is 1. The average Bonchev–Trinajstić information content (AvgIpc) is 3.65. The number of rotatable bonds is 4. The largest absolute Gasteiger partial charge is 0.391 e. The number of nitrogens with two attached hydrogens (primary N) is 2. The fraction of sp³-hybridized carbons (Fsp3) is 0.550. The number of alkyl halides is 2. The lowest BCUT2D eigenvalue weighted by Gasteiger charge is -2.34. The number of H-pyrrole nitrogens is 2. The molecule has 0 spiro atoms. The summed E-state index contributed by atoms with van der Waals surface area (Å²) in [6.07, 6.45) is -8.42. The lowest BCUT2D eigenvalue weighted by atomic mass is 10.1. The highest BCUT2D eigenvalue weighted by molar-refractivity contribution is 8.44. The summed E-state index contributed by atoms with van der Waals surface area (Å²) >= 11 is 9.11. The van der Waals surface area contributed by atoms with Gasteiger partial charge in [0.25, 0.3) is 11.1 Å². The predicted molar refractivity (Wildman–Crippen MR) is 160 cm³/mol. The Labute approximate surface area is 266 Å². The number of aromatic nitrogens is 6. The zero-order valence-electron chi connectivity index (χ0n) is 23.3. The number of imidazole rings is 1. The molecule has 0 amide bonds. The molecule has 0 radical (unpaired) electrons. The molecule has 2 unspecified atom stereocenters. The molecular weight excluding hydrogens is 704 g/mol. The number of hydrazine groups is 1. The lowest BCUT2D eigenvalue weighted by Crippen LogP contribution is -2.51. The van der Waals surface area contributed by atoms with E-state index < -0.39 is 92.8 Å². The van der Waals surface area contributed by atoms with Gasteiger partial charge in [0.05, 0.1) is 19.5 Å². The van der Waals surface area contributed by atoms with Crippen molar-refractivity contribution in [1.82, 2.24) is 34.9 Å². The van der Waals surface area contributed by atoms with E-state index in [0.717, 1.165) is 22.2 Å². The van der Waals surface area contributed by atoms with Gasteiger partial charge in [-0.3, -0.25) is 37.7 Å². The number of ether oxygens (including phenoxy) is 2. The summed E-state index contributed by atoms with van der Waals surface area (Å²) in [5, 5.41) is 0.992. The van der Waals surface area contributed by atoms with Gasteiger partial charge in [0.15, 0.2) is 35.5 Å². The molecule has 252 valence electrons. The van der Waals surface area contributed by atoms with Crippen LogP contribution in [0.25, 0.3) is 11.2 Å². The van der Waals surface area contributed by atoms with Crippen LogP contribution in [-0.2, 0) is 49.7 Å². The summed E-state index contributed by atoms with van der Waals surface area (Å²) in [5.74, 6) is -3.36. The average molecular weight is 731 g/mol. The minimum Gasteiger partial charge on any atom is -0.391 e. The third-order valence-electron chi connectivity index (χ3n) is 7.26. The van der Waals surface area contributed by atoms with Crippen molar-refractivity contribution < 1.29 is 45.8 Å². The van der Waals surface area contributed by atoms with Crippen molar-refractivity contribution in [3.63, 3.8) is 0 Å². The van der Waals surface area contributed by atoms with Gasteiger partial charge in [-0.2, -0.15) is 4.98 Å². The van der Waals surface area contributed by atoms with E-state index in [0.29, 0.717) is 0 Å². The first-order chi connectivity index (χ1) is 21.6. The van der Waals surface area contributed by atoms with Crippen LogP contribution in [-0.4, -0.2) is 98.1 Å². The first-order valence-electron chi connectivity index (χ1n) is 13.1. The maximum atomic E-state index is 16.9. The first-order valence-corrected chi connectivity index (χ1v) is 18.4. The molecular formula is C20H26F2N10O10P2S2. The summed E-state index contributed by atoms with van der Waals surface area (Å²) in [4.78, 5) is 51.8. The molecule has 0 saturated carbocycles. The van der Waals surface area contributed by atoms with Crippen LogP contribution >= 0.6 is 25.8 Å². The molecule has 26 heteroatoms. The predicted octanol–water partition coefficient (Wildman–Crippen LogP) is -0.836. The highest BCUT2D eigenvalue weighted by Crippen LogP contribution is 2.58. The minimum absolute atomic E-state index is 0.193. The highest BCUT2D eigenvalue weighted by Gasteiger charge is 2.58. The van der Waals surface area contributed by atoms with Gasteiger partial charge in [-0.1, -0.05) is 12.2 Å². The molecule has 3 aliphatic rings. The Morgan fingerprint density at radius 2 is 1.98 bits per heavy atom. The molecule has 3 aromatic rings. The Morgan fingerprint density at radius 3 is 2.72 bits per heavy atom. The zero-order valence-corrected chi connectivity index (χ0v) is 26.8. The summed E-state index contributed by atoms with van der Waals surface area (Å²) in [5.41, 5.74) is 11.9. The van der Waals surface area contributed by atoms with Crippen molar-refractivity contribution in [2.24, 2.45) is 0 Å². The van der Waals surface area contributed by atoms with Crippen LogP contribution in [0.1, 0.15) is 0 Å². The van der Waals surface area contributed by atoms with Crippen molar-refractivity contribution in [3.8, 4) is 0 Å². The molecule has 3 fully saturated rings. The zero-order chi connectivity index (χ0) is 33.2. The summed E-state index contributed by atoms with van der Waals surface area (Å²) < 4.78 is 80.4. The van der Waals surface area contributed by atoms with E-state index >= 15 is 8.78 Å². The van der Waals surface area contributed by atoms with E-state index in [1.807, 2.05) is 0 Å². The Morgan fingerprint density at radius 1 is 1.24 bits per heavy atom. The van der Waals surface area contributed by atoms with Crippen molar-refractivity contribution in [2.45, 2.75) is 42.6 Å². The number of hydrogen-bond acceptors (Lipinski definition) is 17. The Hall–Kier alpha value is -2.60. The van der Waals surface area contributed by atoms with Crippen LogP contribution in [0.15, 0.2) is 22.2 Å². The van der Waals surface area contributed by atoms with E-state index in [9.17, 15) is 19.0 Å². The Bertz CT molecular complexity index is 1870. The van der Waals surface area contributed by atoms with Gasteiger partial charge in [0.1, 0.15) is 36.9 Å². The molecule has 0 aromatic carbocycles. The molecule has 6 rings (SSSR count). The van der Waals surface area contributed by atoms with Crippen LogP contribution < -0.4 is 33.0 Å². The number of fused-ring (bicyclic) bond motifs is 4. The summed E-state index contributed by atoms with van der Waals surface area (Å²) in [6.45, 7) is -11.3. The van der Waals surface area contributed by atoms with Gasteiger partial charge >= 0.3 is 13.5 Å². The second kappa shape index (κ2) is 12.1. The quantitative estimate of drug-likeness (QED) is 0.0980. The number of nitrogen functional groups attached to an aromatic ring is 2. The monoisotopic (exact) mass is 730 g/mol. The number of nitrogens with zero attached hydrogens (tertiary/aromatic N) is 5. The van der Waals surface area contributed by atoms with E-state index in [4.69, 9.17) is 50.8 Å². The molecule has 20 nitrogen and oxygen atoms in total. The van der Waals surface area contributed by atoms with E-state index in [1.165, 1.54) is 7.05 Å². The second-order valence-electron chi connectivity index (χ2n) is 10.1. The van der Waals surface area contributed by atoms with Gasteiger partial charge in [-0.25, -0.2) is 28.7 Å². The lowest BCUT2D eigenvalue weighted by molar-refractivity contribution is -0.0494. The normalized spacial score (nSPS) is 36.9. The van der Waals surface area contributed by atoms with Gasteiger partial charge in [0.2, 0.25) is 11.7 Å². The van der Waals surface area contributed by atoms with Crippen LogP contribution in [0.2, 0.25) is 0 Å². The van der Waals surface area contributed by atoms with Crippen LogP contribution in [0.3, 0.4) is 0 Å². The topological polar surface area (TPSA) is 269 Å². The molecule has 3 saturated heterocycles. The first kappa shape index (κ1) is 33.3. The molecule has 3 aromatic heterocycles. The fourth-order valence-electron chi connectivity index (χ4n) is 5.15. The third-order valence-corrected chi connectivity index (χ3v) is 10.4. The van der Waals surface area contributed by atoms with Crippen LogP contribution in [0, 0.1) is 0 Å². The molecule has 46 heavy (non-hydrogen) atoms. The van der Waals surface area contributed by atoms with Crippen molar-refractivity contribution in [1.29, 1.82) is 0 Å². The molecule has 0 aliphatic carbocycles. The van der Waals surface area contributed by atoms with E-state index in [-0.39, 0.29) is 22.9 Å². The Balaban J connectivity index is 1.34. The van der Waals surface area contributed by atoms with Crippen molar-refractivity contribution in [2.75, 3.05) is 43.3 Å². The van der Waals surface area contributed by atoms with Gasteiger partial charge < -0.3 is 35.3 Å². The maximum absolute atomic E-state index is 16.9. The third kappa shape index (κ3) is 5.97. The van der Waals surface area contributed by atoms with Crippen LogP contribution in [0.4, 0.5) is 26.2 Å². The molecule has 9 atom stereocenters. The summed E-state index contributed by atoms with van der Waals surface area (Å²) in [6, 6.07) is 0. The van der Waals surface area contributed by atoms with Crippen molar-refractivity contribution in [3.05, 3.63) is 33.4 Å². The fourth-order valence-corrected chi connectivity index (χ4v) is 8.05. The second-order valence-corrected chi connectivity index (χ2v) is 15.8. The molecule has 2 bridgehead atoms. The number of halogens is 2. The van der Waals surface area contributed by atoms with Gasteiger partial charge in [-0.05, 0) is 11.8 Å². The van der Waals surface area contributed by atoms with Crippen LogP contribution in [0.5, 0.6) is 0 Å². The molecule has 3 aliphatic heterocycles. The Kier molecular flexibility index (Phi) is 8.78. The SMILES string of the molecule is CNN(c1nc(N)[nH]c(=O)c1N)[C@@H]1O[C@@H]2COP(O)(=S)O[C@@H]3[C@@H](COP(=O)(S)O[C@@H]1[C@H]2F)OC[C@]3(F)n1cnc2c(=O)[nH]cnc21. The number of anilines is 3. The number of nitrogens with one attached hydrogen (secondary N) is 3. The van der Waals surface area contributed by atoms with Gasteiger partial charge in [0, 0.05) is 7.05 Å². The summed E-state index contributed by atoms with van der Waals surface area (Å²) in [7, 11) is 1.35. The number of aromatic amines is 2. The van der Waals surface area contributed by atoms with E-state index in [1.54, 1.807) is 0 Å². The molecule has 8 N–H and O–H groups in total.